The van der Waals surface area contributed by atoms with Gasteiger partial charge in [-0.3, -0.25) is 0 Å². The molecular weight excluding hydrogens is 302 g/mol. The molecule has 0 bridgehead atoms. The van der Waals surface area contributed by atoms with Crippen LogP contribution < -0.4 is 4.72 Å². The summed E-state index contributed by atoms with van der Waals surface area (Å²) < 4.78 is 25.8. The minimum atomic E-state index is -3.15. The third-order valence-corrected chi connectivity index (χ3v) is 4.56. The van der Waals surface area contributed by atoms with E-state index in [1.54, 1.807) is 0 Å². The summed E-state index contributed by atoms with van der Waals surface area (Å²) in [5, 5.41) is 0.812. The first-order valence-electron chi connectivity index (χ1n) is 5.54. The van der Waals surface area contributed by atoms with Gasteiger partial charge in [0.25, 0.3) is 0 Å². The van der Waals surface area contributed by atoms with Crippen molar-refractivity contribution in [3.63, 3.8) is 0 Å². The van der Waals surface area contributed by atoms with E-state index in [-0.39, 0.29) is 11.7 Å². The molecule has 0 fully saturated rings. The average Bonchev–Trinajstić information content (AvgIpc) is 2.25. The summed E-state index contributed by atoms with van der Waals surface area (Å²) >= 11 is 3.37. The Morgan fingerprint density at radius 1 is 1.18 bits per heavy atom. The lowest BCUT2D eigenvalue weighted by molar-refractivity contribution is 0.568. The normalized spacial score (nSPS) is 12.0. The maximum absolute atomic E-state index is 11.6. The van der Waals surface area contributed by atoms with Gasteiger partial charge in [0.2, 0.25) is 10.0 Å². The van der Waals surface area contributed by atoms with Gasteiger partial charge in [0.15, 0.2) is 0 Å². The van der Waals surface area contributed by atoms with Crippen molar-refractivity contribution < 1.29 is 8.42 Å². The maximum Gasteiger partial charge on any atom is 0.212 e. The van der Waals surface area contributed by atoms with Crippen molar-refractivity contribution in [1.82, 2.24) is 4.72 Å². The van der Waals surface area contributed by atoms with Crippen LogP contribution in [0, 0.1) is 5.92 Å². The first-order valence-corrected chi connectivity index (χ1v) is 8.31. The molecule has 96 valence electrons. The predicted octanol–water partition coefficient (Wildman–Crippen LogP) is 2.66. The molecular formula is C12H18BrNO2S. The molecule has 0 heterocycles. The first kappa shape index (κ1) is 14.7. The quantitative estimate of drug-likeness (QED) is 0.819. The third kappa shape index (κ3) is 5.66. The molecule has 0 amide bonds. The van der Waals surface area contributed by atoms with E-state index >= 15 is 0 Å². The van der Waals surface area contributed by atoms with Crippen LogP contribution in [-0.2, 0) is 21.9 Å². The van der Waals surface area contributed by atoms with Gasteiger partial charge in [-0.25, -0.2) is 13.1 Å². The van der Waals surface area contributed by atoms with Crippen LogP contribution in [0.3, 0.4) is 0 Å². The highest BCUT2D eigenvalue weighted by Gasteiger charge is 2.11. The van der Waals surface area contributed by atoms with E-state index < -0.39 is 10.0 Å². The highest BCUT2D eigenvalue weighted by atomic mass is 79.9. The average molecular weight is 320 g/mol. The molecule has 0 aliphatic rings. The standard InChI is InChI=1S/C12H18BrNO2S/c1-10(2)9-17(15,16)14-8-12-5-3-11(7-13)4-6-12/h3-6,10,14H,7-9H2,1-2H3. The summed E-state index contributed by atoms with van der Waals surface area (Å²) in [6, 6.07) is 7.85. The van der Waals surface area contributed by atoms with E-state index in [4.69, 9.17) is 0 Å². The zero-order chi connectivity index (χ0) is 12.9. The lowest BCUT2D eigenvalue weighted by Gasteiger charge is -2.09. The van der Waals surface area contributed by atoms with Gasteiger partial charge in [0.1, 0.15) is 0 Å². The monoisotopic (exact) mass is 319 g/mol. The van der Waals surface area contributed by atoms with Gasteiger partial charge in [0, 0.05) is 11.9 Å². The van der Waals surface area contributed by atoms with Crippen molar-refractivity contribution in [1.29, 1.82) is 0 Å². The van der Waals surface area contributed by atoms with Gasteiger partial charge in [-0.1, -0.05) is 54.0 Å². The Kier molecular flexibility index (Phi) is 5.62. The smallest absolute Gasteiger partial charge is 0.212 e. The summed E-state index contributed by atoms with van der Waals surface area (Å²) in [6.45, 7) is 4.14. The van der Waals surface area contributed by atoms with Crippen LogP contribution in [0.15, 0.2) is 24.3 Å². The lowest BCUT2D eigenvalue weighted by Crippen LogP contribution is -2.28. The van der Waals surface area contributed by atoms with Crippen molar-refractivity contribution >= 4 is 26.0 Å². The summed E-state index contributed by atoms with van der Waals surface area (Å²) in [5.74, 6) is 0.315. The Morgan fingerprint density at radius 3 is 2.18 bits per heavy atom. The molecule has 1 aromatic rings. The molecule has 0 radical (unpaired) electrons. The van der Waals surface area contributed by atoms with Gasteiger partial charge in [0.05, 0.1) is 5.75 Å². The summed E-state index contributed by atoms with van der Waals surface area (Å²) in [7, 11) is -3.15. The van der Waals surface area contributed by atoms with Gasteiger partial charge in [-0.15, -0.1) is 0 Å². The zero-order valence-electron chi connectivity index (χ0n) is 10.1. The molecule has 17 heavy (non-hydrogen) atoms. The van der Waals surface area contributed by atoms with E-state index in [2.05, 4.69) is 20.7 Å². The van der Waals surface area contributed by atoms with Crippen LogP contribution >= 0.6 is 15.9 Å². The van der Waals surface area contributed by atoms with E-state index in [1.807, 2.05) is 38.1 Å². The fourth-order valence-electron chi connectivity index (χ4n) is 1.44. The van der Waals surface area contributed by atoms with Crippen LogP contribution in [0.5, 0.6) is 0 Å². The Hall–Kier alpha value is -0.390. The minimum Gasteiger partial charge on any atom is -0.212 e. The number of hydrogen-bond donors (Lipinski definition) is 1. The molecule has 1 N–H and O–H groups in total. The second-order valence-electron chi connectivity index (χ2n) is 4.45. The number of alkyl halides is 1. The lowest BCUT2D eigenvalue weighted by atomic mass is 10.2. The second-order valence-corrected chi connectivity index (χ2v) is 6.86. The molecule has 0 aliphatic heterocycles. The number of hydrogen-bond acceptors (Lipinski definition) is 2. The fourth-order valence-corrected chi connectivity index (χ4v) is 3.19. The number of halogens is 1. The highest BCUT2D eigenvalue weighted by Crippen LogP contribution is 2.08. The van der Waals surface area contributed by atoms with E-state index in [0.29, 0.717) is 6.54 Å². The largest absolute Gasteiger partial charge is 0.212 e. The van der Waals surface area contributed by atoms with Crippen LogP contribution in [-0.4, -0.2) is 14.2 Å². The number of rotatable bonds is 6. The van der Waals surface area contributed by atoms with Gasteiger partial charge in [-0.2, -0.15) is 0 Å². The van der Waals surface area contributed by atoms with Crippen LogP contribution in [0.2, 0.25) is 0 Å². The molecule has 1 aromatic carbocycles. The molecule has 0 spiro atoms. The van der Waals surface area contributed by atoms with Crippen LogP contribution in [0.25, 0.3) is 0 Å². The Labute approximate surface area is 112 Å². The predicted molar refractivity (Wildman–Crippen MR) is 74.5 cm³/mol. The molecule has 0 aromatic heterocycles. The molecule has 0 saturated heterocycles. The second kappa shape index (κ2) is 6.52. The maximum atomic E-state index is 11.6. The minimum absolute atomic E-state index is 0.142. The SMILES string of the molecule is CC(C)CS(=O)(=O)NCc1ccc(CBr)cc1. The Bertz CT molecular complexity index is 440. The summed E-state index contributed by atoms with van der Waals surface area (Å²) in [4.78, 5) is 0. The van der Waals surface area contributed by atoms with Gasteiger partial charge >= 0.3 is 0 Å². The molecule has 0 aliphatic carbocycles. The van der Waals surface area contributed by atoms with E-state index in [9.17, 15) is 8.42 Å². The molecule has 1 rings (SSSR count). The molecule has 3 nitrogen and oxygen atoms in total. The van der Waals surface area contributed by atoms with Gasteiger partial charge in [-0.05, 0) is 17.0 Å². The van der Waals surface area contributed by atoms with Crippen LogP contribution in [0.4, 0.5) is 0 Å². The Balaban J connectivity index is 2.55. The van der Waals surface area contributed by atoms with Gasteiger partial charge < -0.3 is 0 Å². The first-order chi connectivity index (χ1) is 7.93. The molecule has 0 saturated carbocycles. The highest BCUT2D eigenvalue weighted by molar-refractivity contribution is 9.08. The van der Waals surface area contributed by atoms with Crippen LogP contribution in [0.1, 0.15) is 25.0 Å². The molecule has 0 unspecified atom stereocenters. The number of nitrogens with one attached hydrogen (secondary N) is 1. The van der Waals surface area contributed by atoms with Crippen molar-refractivity contribution in [3.8, 4) is 0 Å². The molecule has 5 heteroatoms. The number of benzene rings is 1. The van der Waals surface area contributed by atoms with E-state index in [0.717, 1.165) is 10.9 Å². The van der Waals surface area contributed by atoms with Crippen molar-refractivity contribution in [2.24, 2.45) is 5.92 Å². The summed E-state index contributed by atoms with van der Waals surface area (Å²) in [5.41, 5.74) is 2.15. The zero-order valence-corrected chi connectivity index (χ0v) is 12.5. The summed E-state index contributed by atoms with van der Waals surface area (Å²) in [6.07, 6.45) is 0. The van der Waals surface area contributed by atoms with Crippen molar-refractivity contribution in [2.75, 3.05) is 5.75 Å². The number of sulfonamides is 1. The topological polar surface area (TPSA) is 46.2 Å². The molecule has 0 atom stereocenters. The van der Waals surface area contributed by atoms with Crippen molar-refractivity contribution in [2.45, 2.75) is 25.7 Å². The Morgan fingerprint density at radius 2 is 1.71 bits per heavy atom. The fraction of sp³-hybridized carbons (Fsp3) is 0.500. The third-order valence-electron chi connectivity index (χ3n) is 2.23. The van der Waals surface area contributed by atoms with Crippen molar-refractivity contribution in [3.05, 3.63) is 35.4 Å². The van der Waals surface area contributed by atoms with E-state index in [1.165, 1.54) is 5.56 Å².